The van der Waals surface area contributed by atoms with Crippen LogP contribution in [0.5, 0.6) is 5.75 Å². The SMILES string of the molecule is Cc1cc(OCC(=O)N(Cc2ccc(Cl)cc2Cl)[C@H](Cc2ccccc2)C(=O)NC(C)(C)C)cc(C)c1Cl. The molecule has 0 saturated heterocycles. The first kappa shape index (κ1) is 29.8. The van der Waals surface area contributed by atoms with Crippen molar-refractivity contribution in [1.82, 2.24) is 10.2 Å². The van der Waals surface area contributed by atoms with E-state index in [1.165, 1.54) is 4.90 Å². The first-order chi connectivity index (χ1) is 17.8. The van der Waals surface area contributed by atoms with Crippen molar-refractivity contribution in [3.05, 3.63) is 98.0 Å². The highest BCUT2D eigenvalue weighted by molar-refractivity contribution is 6.35. The van der Waals surface area contributed by atoms with Crippen molar-refractivity contribution in [1.29, 1.82) is 0 Å². The van der Waals surface area contributed by atoms with Gasteiger partial charge in [-0.15, -0.1) is 0 Å². The maximum absolute atomic E-state index is 13.8. The zero-order valence-corrected chi connectivity index (χ0v) is 24.5. The molecule has 0 aliphatic rings. The Balaban J connectivity index is 1.97. The van der Waals surface area contributed by atoms with Gasteiger partial charge in [0.15, 0.2) is 6.61 Å². The summed E-state index contributed by atoms with van der Waals surface area (Å²) in [7, 11) is 0. The quantitative estimate of drug-likeness (QED) is 0.294. The number of carbonyl (C=O) groups excluding carboxylic acids is 2. The molecular weight excluding hydrogens is 543 g/mol. The molecule has 2 amide bonds. The van der Waals surface area contributed by atoms with E-state index in [2.05, 4.69) is 5.32 Å². The number of nitrogens with zero attached hydrogens (tertiary/aromatic N) is 1. The van der Waals surface area contributed by atoms with Gasteiger partial charge in [-0.05, 0) is 81.1 Å². The van der Waals surface area contributed by atoms with Crippen LogP contribution in [0.4, 0.5) is 0 Å². The third kappa shape index (κ3) is 8.39. The summed E-state index contributed by atoms with van der Waals surface area (Å²) in [4.78, 5) is 28.9. The van der Waals surface area contributed by atoms with Crippen LogP contribution in [0.25, 0.3) is 0 Å². The highest BCUT2D eigenvalue weighted by Gasteiger charge is 2.33. The number of ether oxygens (including phenoxy) is 1. The molecule has 3 aromatic rings. The standard InChI is InChI=1S/C30H33Cl3N2O3/c1-19-13-24(14-20(2)28(19)33)38-18-27(36)35(17-22-11-12-23(31)16-25(22)32)26(29(37)34-30(3,4)5)15-21-9-7-6-8-10-21/h6-14,16,26H,15,17-18H2,1-5H3,(H,34,37)/t26-/m1/s1. The summed E-state index contributed by atoms with van der Waals surface area (Å²) >= 11 is 18.9. The molecule has 0 aliphatic heterocycles. The Bertz CT molecular complexity index is 1270. The molecule has 1 atom stereocenters. The second-order valence-electron chi connectivity index (χ2n) is 10.4. The first-order valence-corrected chi connectivity index (χ1v) is 13.5. The Hall–Kier alpha value is -2.73. The Morgan fingerprint density at radius 1 is 0.947 bits per heavy atom. The summed E-state index contributed by atoms with van der Waals surface area (Å²) in [5, 5.41) is 4.59. The number of rotatable bonds is 9. The molecule has 0 aliphatic carbocycles. The molecule has 38 heavy (non-hydrogen) atoms. The maximum atomic E-state index is 13.8. The Morgan fingerprint density at radius 3 is 2.16 bits per heavy atom. The van der Waals surface area contributed by atoms with Crippen molar-refractivity contribution in [2.75, 3.05) is 6.61 Å². The van der Waals surface area contributed by atoms with Gasteiger partial charge in [0, 0.05) is 33.6 Å². The summed E-state index contributed by atoms with van der Waals surface area (Å²) in [5.74, 6) is -0.0924. The van der Waals surface area contributed by atoms with Crippen LogP contribution in [0.15, 0.2) is 60.7 Å². The molecule has 0 radical (unpaired) electrons. The zero-order valence-electron chi connectivity index (χ0n) is 22.3. The number of aryl methyl sites for hydroxylation is 2. The van der Waals surface area contributed by atoms with Crippen molar-refractivity contribution in [3.8, 4) is 5.75 Å². The van der Waals surface area contributed by atoms with Crippen LogP contribution < -0.4 is 10.1 Å². The van der Waals surface area contributed by atoms with Crippen LogP contribution in [0.1, 0.15) is 43.0 Å². The molecule has 3 rings (SSSR count). The van der Waals surface area contributed by atoms with Gasteiger partial charge in [0.05, 0.1) is 0 Å². The van der Waals surface area contributed by atoms with E-state index in [9.17, 15) is 9.59 Å². The van der Waals surface area contributed by atoms with E-state index in [4.69, 9.17) is 39.5 Å². The average Bonchev–Trinajstić information content (AvgIpc) is 2.83. The molecular formula is C30H33Cl3N2O3. The molecule has 0 unspecified atom stereocenters. The summed E-state index contributed by atoms with van der Waals surface area (Å²) < 4.78 is 5.90. The normalized spacial score (nSPS) is 12.1. The number of nitrogens with one attached hydrogen (secondary N) is 1. The molecule has 5 nitrogen and oxygen atoms in total. The third-order valence-electron chi connectivity index (χ3n) is 5.90. The van der Waals surface area contributed by atoms with E-state index >= 15 is 0 Å². The van der Waals surface area contributed by atoms with Gasteiger partial charge in [0.25, 0.3) is 5.91 Å². The van der Waals surface area contributed by atoms with Crippen molar-refractivity contribution in [3.63, 3.8) is 0 Å². The fourth-order valence-corrected chi connectivity index (χ4v) is 4.64. The predicted molar refractivity (Wildman–Crippen MR) is 155 cm³/mol. The van der Waals surface area contributed by atoms with Crippen molar-refractivity contribution >= 4 is 46.6 Å². The highest BCUT2D eigenvalue weighted by atomic mass is 35.5. The van der Waals surface area contributed by atoms with Crippen LogP contribution in [0, 0.1) is 13.8 Å². The number of hydrogen-bond donors (Lipinski definition) is 1. The van der Waals surface area contributed by atoms with Gasteiger partial charge in [-0.1, -0.05) is 71.2 Å². The minimum absolute atomic E-state index is 0.103. The Labute approximate surface area is 240 Å². The van der Waals surface area contributed by atoms with Gasteiger partial charge < -0.3 is 15.0 Å². The summed E-state index contributed by atoms with van der Waals surface area (Å²) in [6.07, 6.45) is 0.318. The molecule has 0 aromatic heterocycles. The van der Waals surface area contributed by atoms with Crippen molar-refractivity contribution in [2.24, 2.45) is 0 Å². The van der Waals surface area contributed by atoms with Gasteiger partial charge in [-0.2, -0.15) is 0 Å². The Kier molecular flexibility index (Phi) is 10.1. The second-order valence-corrected chi connectivity index (χ2v) is 11.6. The van der Waals surface area contributed by atoms with Crippen LogP contribution in [-0.2, 0) is 22.6 Å². The first-order valence-electron chi connectivity index (χ1n) is 12.3. The molecule has 3 aromatic carbocycles. The monoisotopic (exact) mass is 574 g/mol. The van der Waals surface area contributed by atoms with Crippen molar-refractivity contribution in [2.45, 2.75) is 59.2 Å². The van der Waals surface area contributed by atoms with Gasteiger partial charge in [0.1, 0.15) is 11.8 Å². The lowest BCUT2D eigenvalue weighted by Crippen LogP contribution is -2.55. The number of benzene rings is 3. The second kappa shape index (κ2) is 12.9. The average molecular weight is 576 g/mol. The minimum Gasteiger partial charge on any atom is -0.484 e. The van der Waals surface area contributed by atoms with E-state index in [1.807, 2.05) is 65.0 Å². The Morgan fingerprint density at radius 2 is 1.58 bits per heavy atom. The third-order valence-corrected chi connectivity index (χ3v) is 7.08. The molecule has 0 bridgehead atoms. The minimum atomic E-state index is -0.812. The summed E-state index contributed by atoms with van der Waals surface area (Å²) in [6, 6.07) is 17.5. The number of hydrogen-bond acceptors (Lipinski definition) is 3. The number of carbonyl (C=O) groups is 2. The lowest BCUT2D eigenvalue weighted by atomic mass is 10.0. The van der Waals surface area contributed by atoms with Gasteiger partial charge in [-0.25, -0.2) is 0 Å². The molecule has 8 heteroatoms. The van der Waals surface area contributed by atoms with Crippen molar-refractivity contribution < 1.29 is 14.3 Å². The van der Waals surface area contributed by atoms with E-state index in [1.54, 1.807) is 30.3 Å². The largest absolute Gasteiger partial charge is 0.484 e. The number of halogens is 3. The number of amides is 2. The lowest BCUT2D eigenvalue weighted by Gasteiger charge is -2.34. The topological polar surface area (TPSA) is 58.6 Å². The molecule has 0 heterocycles. The van der Waals surface area contributed by atoms with Crippen LogP contribution in [0.3, 0.4) is 0 Å². The van der Waals surface area contributed by atoms with Gasteiger partial charge >= 0.3 is 0 Å². The molecule has 0 saturated carbocycles. The van der Waals surface area contributed by atoms with E-state index < -0.39 is 11.6 Å². The van der Waals surface area contributed by atoms with E-state index in [-0.39, 0.29) is 25.0 Å². The van der Waals surface area contributed by atoms with Crippen LogP contribution in [-0.4, -0.2) is 34.9 Å². The lowest BCUT2D eigenvalue weighted by molar-refractivity contribution is -0.143. The van der Waals surface area contributed by atoms with E-state index in [0.29, 0.717) is 32.8 Å². The molecule has 1 N–H and O–H groups in total. The van der Waals surface area contributed by atoms with Gasteiger partial charge in [0.2, 0.25) is 5.91 Å². The maximum Gasteiger partial charge on any atom is 0.261 e. The van der Waals surface area contributed by atoms with E-state index in [0.717, 1.165) is 16.7 Å². The fourth-order valence-electron chi connectivity index (χ4n) is 4.06. The molecule has 0 fully saturated rings. The smallest absolute Gasteiger partial charge is 0.261 e. The summed E-state index contributed by atoms with van der Waals surface area (Å²) in [6.45, 7) is 9.31. The highest BCUT2D eigenvalue weighted by Crippen LogP contribution is 2.27. The predicted octanol–water partition coefficient (Wildman–Crippen LogP) is 7.20. The fraction of sp³-hybridized carbons (Fsp3) is 0.333. The van der Waals surface area contributed by atoms with Crippen LogP contribution in [0.2, 0.25) is 15.1 Å². The van der Waals surface area contributed by atoms with Crippen LogP contribution >= 0.6 is 34.8 Å². The zero-order chi connectivity index (χ0) is 28.0. The molecule has 202 valence electrons. The molecule has 0 spiro atoms. The summed E-state index contributed by atoms with van der Waals surface area (Å²) in [5.41, 5.74) is 2.81. The van der Waals surface area contributed by atoms with Gasteiger partial charge in [-0.3, -0.25) is 9.59 Å².